The topological polar surface area (TPSA) is 41.4 Å². The molecule has 5 rings (SSSR count). The molecule has 6 heteroatoms. The molecule has 0 bridgehead atoms. The van der Waals surface area contributed by atoms with Crippen molar-refractivity contribution in [2.75, 3.05) is 26.2 Å². The molecule has 3 aliphatic rings. The lowest BCUT2D eigenvalue weighted by Crippen LogP contribution is -2.40. The number of carbonyl (C=O) groups excluding carboxylic acids is 1. The number of amides is 1. The van der Waals surface area contributed by atoms with E-state index < -0.39 is 0 Å². The number of likely N-dealkylation sites (tertiary alicyclic amines) is 2. The monoisotopic (exact) mass is 412 g/mol. The quantitative estimate of drug-likeness (QED) is 0.718. The van der Waals surface area contributed by atoms with E-state index >= 15 is 0 Å². The number of imidazole rings is 1. The van der Waals surface area contributed by atoms with Crippen LogP contribution in [0.5, 0.6) is 0 Å². The summed E-state index contributed by atoms with van der Waals surface area (Å²) in [4.78, 5) is 25.9. The van der Waals surface area contributed by atoms with Gasteiger partial charge in [0, 0.05) is 60.6 Å². The van der Waals surface area contributed by atoms with Gasteiger partial charge in [0.2, 0.25) is 5.91 Å². The molecule has 1 spiro atoms. The van der Waals surface area contributed by atoms with Crippen LogP contribution in [0.25, 0.3) is 0 Å². The second-order valence-corrected chi connectivity index (χ2v) is 11.0. The smallest absolute Gasteiger partial charge is 0.230 e. The van der Waals surface area contributed by atoms with Gasteiger partial charge in [0.1, 0.15) is 0 Å². The predicted octanol–water partition coefficient (Wildman–Crippen LogP) is 4.06. The molecule has 3 fully saturated rings. The maximum Gasteiger partial charge on any atom is 0.230 e. The third kappa shape index (κ3) is 3.55. The number of nitrogens with zero attached hydrogens (tertiary/aromatic N) is 4. The Bertz CT molecular complexity index is 898. The van der Waals surface area contributed by atoms with Crippen molar-refractivity contribution in [3.63, 3.8) is 0 Å². The molecule has 2 aromatic heterocycles. The molecule has 4 heterocycles. The van der Waals surface area contributed by atoms with E-state index in [1.807, 2.05) is 17.7 Å². The minimum Gasteiger partial charge on any atom is -0.342 e. The first-order chi connectivity index (χ1) is 13.9. The van der Waals surface area contributed by atoms with Gasteiger partial charge in [-0.2, -0.15) is 0 Å². The highest BCUT2D eigenvalue weighted by molar-refractivity contribution is 7.11. The van der Waals surface area contributed by atoms with Crippen LogP contribution in [0.4, 0.5) is 0 Å². The highest BCUT2D eigenvalue weighted by atomic mass is 32.1. The van der Waals surface area contributed by atoms with Crippen LogP contribution >= 0.6 is 11.3 Å². The molecular weight excluding hydrogens is 380 g/mol. The minimum absolute atomic E-state index is 0.195. The Morgan fingerprint density at radius 1 is 1.31 bits per heavy atom. The van der Waals surface area contributed by atoms with Crippen LogP contribution in [0, 0.1) is 18.3 Å². The predicted molar refractivity (Wildman–Crippen MR) is 116 cm³/mol. The van der Waals surface area contributed by atoms with Crippen LogP contribution in [-0.2, 0) is 11.3 Å². The summed E-state index contributed by atoms with van der Waals surface area (Å²) in [5, 5.41) is 0. The Labute approximate surface area is 177 Å². The second kappa shape index (κ2) is 7.24. The van der Waals surface area contributed by atoms with Crippen molar-refractivity contribution in [3.8, 4) is 0 Å². The number of rotatable bonds is 6. The van der Waals surface area contributed by atoms with Crippen LogP contribution in [0.15, 0.2) is 24.7 Å². The van der Waals surface area contributed by atoms with Crippen LogP contribution in [0.1, 0.15) is 60.5 Å². The van der Waals surface area contributed by atoms with E-state index in [9.17, 15) is 4.79 Å². The van der Waals surface area contributed by atoms with Crippen molar-refractivity contribution >= 4 is 17.2 Å². The van der Waals surface area contributed by atoms with Gasteiger partial charge in [-0.05, 0) is 58.1 Å². The summed E-state index contributed by atoms with van der Waals surface area (Å²) in [6, 6.07) is 4.83. The lowest BCUT2D eigenvalue weighted by atomic mass is 9.75. The zero-order valence-corrected chi connectivity index (χ0v) is 18.6. The molecule has 5 nitrogen and oxygen atoms in total. The first kappa shape index (κ1) is 19.3. The summed E-state index contributed by atoms with van der Waals surface area (Å²) in [5.41, 5.74) is 0.808. The number of carbonyl (C=O) groups is 1. The van der Waals surface area contributed by atoms with Gasteiger partial charge in [0.15, 0.2) is 0 Å². The molecule has 2 atom stereocenters. The maximum absolute atomic E-state index is 13.7. The minimum atomic E-state index is -0.294. The lowest BCUT2D eigenvalue weighted by molar-refractivity contribution is -0.136. The summed E-state index contributed by atoms with van der Waals surface area (Å²) in [7, 11) is 0. The number of thiophene rings is 1. The lowest BCUT2D eigenvalue weighted by Gasteiger charge is -2.28. The fourth-order valence-corrected chi connectivity index (χ4v) is 6.16. The molecule has 0 aromatic carbocycles. The van der Waals surface area contributed by atoms with Crippen LogP contribution < -0.4 is 0 Å². The zero-order valence-electron chi connectivity index (χ0n) is 17.8. The van der Waals surface area contributed by atoms with Crippen molar-refractivity contribution in [2.45, 2.75) is 58.5 Å². The molecule has 0 N–H and O–H groups in total. The first-order valence-electron chi connectivity index (χ1n) is 11.0. The van der Waals surface area contributed by atoms with Gasteiger partial charge in [-0.25, -0.2) is 4.98 Å². The van der Waals surface area contributed by atoms with Gasteiger partial charge in [-0.3, -0.25) is 9.69 Å². The van der Waals surface area contributed by atoms with Gasteiger partial charge in [-0.1, -0.05) is 0 Å². The number of aromatic nitrogens is 2. The molecule has 0 radical (unpaired) electrons. The van der Waals surface area contributed by atoms with E-state index in [2.05, 4.69) is 53.5 Å². The average molecular weight is 413 g/mol. The largest absolute Gasteiger partial charge is 0.342 e. The van der Waals surface area contributed by atoms with Crippen molar-refractivity contribution in [1.82, 2.24) is 19.4 Å². The Morgan fingerprint density at radius 2 is 2.14 bits per heavy atom. The van der Waals surface area contributed by atoms with Crippen molar-refractivity contribution in [3.05, 3.63) is 40.1 Å². The summed E-state index contributed by atoms with van der Waals surface area (Å²) in [5.74, 6) is 1.33. The molecule has 2 saturated heterocycles. The van der Waals surface area contributed by atoms with Gasteiger partial charge in [-0.15, -0.1) is 11.3 Å². The molecular formula is C23H32N4OS. The highest BCUT2D eigenvalue weighted by Gasteiger charge is 2.58. The first-order valence-corrected chi connectivity index (χ1v) is 11.9. The van der Waals surface area contributed by atoms with Gasteiger partial charge in [0.05, 0.1) is 17.4 Å². The third-order valence-electron chi connectivity index (χ3n) is 7.08. The zero-order chi connectivity index (χ0) is 20.2. The third-order valence-corrected chi connectivity index (χ3v) is 8.07. The van der Waals surface area contributed by atoms with Crippen LogP contribution in [0.3, 0.4) is 0 Å². The Hall–Kier alpha value is -1.66. The van der Waals surface area contributed by atoms with Crippen LogP contribution in [0.2, 0.25) is 0 Å². The van der Waals surface area contributed by atoms with E-state index in [0.29, 0.717) is 11.9 Å². The Balaban J connectivity index is 1.43. The normalized spacial score (nSPS) is 27.8. The van der Waals surface area contributed by atoms with E-state index in [1.54, 1.807) is 0 Å². The van der Waals surface area contributed by atoms with E-state index in [0.717, 1.165) is 50.8 Å². The molecule has 1 saturated carbocycles. The van der Waals surface area contributed by atoms with E-state index in [1.165, 1.54) is 22.6 Å². The SMILES string of the molecule is Cc1ccc(CN2C[C@H](c3cn(C(C)C)cn3)[C@]3(CCN(CC4CC4)C3=O)C2)s1. The molecule has 156 valence electrons. The molecule has 2 aromatic rings. The molecule has 29 heavy (non-hydrogen) atoms. The Kier molecular flexibility index (Phi) is 4.82. The molecule has 0 unspecified atom stereocenters. The van der Waals surface area contributed by atoms with Gasteiger partial charge < -0.3 is 9.47 Å². The second-order valence-electron chi connectivity index (χ2n) is 9.67. The standard InChI is InChI=1S/C23H32N4OS/c1-16(2)27-13-21(24-15-27)20-12-25(11-19-7-4-17(3)29-19)14-23(20)8-9-26(22(23)28)10-18-5-6-18/h4,7,13,15-16,18,20H,5-6,8-12,14H2,1-3H3/t20-,23+/m1/s1. The van der Waals surface area contributed by atoms with Crippen molar-refractivity contribution in [2.24, 2.45) is 11.3 Å². The highest BCUT2D eigenvalue weighted by Crippen LogP contribution is 2.50. The fourth-order valence-electron chi connectivity index (χ4n) is 5.22. The van der Waals surface area contributed by atoms with Gasteiger partial charge in [0.25, 0.3) is 0 Å². The van der Waals surface area contributed by atoms with Gasteiger partial charge >= 0.3 is 0 Å². The van der Waals surface area contributed by atoms with Crippen molar-refractivity contribution in [1.29, 1.82) is 0 Å². The Morgan fingerprint density at radius 3 is 2.79 bits per heavy atom. The molecule has 1 aliphatic carbocycles. The van der Waals surface area contributed by atoms with E-state index in [-0.39, 0.29) is 11.3 Å². The fraction of sp³-hybridized carbons (Fsp3) is 0.652. The number of aryl methyl sites for hydroxylation is 1. The molecule has 1 amide bonds. The van der Waals surface area contributed by atoms with E-state index in [4.69, 9.17) is 4.98 Å². The number of hydrogen-bond acceptors (Lipinski definition) is 4. The van der Waals surface area contributed by atoms with Crippen molar-refractivity contribution < 1.29 is 4.79 Å². The summed E-state index contributed by atoms with van der Waals surface area (Å²) in [6.45, 7) is 11.1. The summed E-state index contributed by atoms with van der Waals surface area (Å²) < 4.78 is 2.18. The summed E-state index contributed by atoms with van der Waals surface area (Å²) in [6.07, 6.45) is 7.69. The van der Waals surface area contributed by atoms with Crippen LogP contribution in [-0.4, -0.2) is 51.4 Å². The number of hydrogen-bond donors (Lipinski definition) is 0. The average Bonchev–Trinajstić information content (AvgIpc) is 3.02. The maximum atomic E-state index is 13.7. The molecule has 2 aliphatic heterocycles. The summed E-state index contributed by atoms with van der Waals surface area (Å²) >= 11 is 1.87.